The Kier molecular flexibility index (Phi) is 14.0. The largest absolute Gasteiger partial charge is 0.492 e. The maximum absolute atomic E-state index is 13.8. The molecule has 6 heterocycles. The molecule has 4 N–H and O–H groups in total. The Bertz CT molecular complexity index is 2600. The Morgan fingerprint density at radius 1 is 0.851 bits per heavy atom. The zero-order valence-electron chi connectivity index (χ0n) is 37.5. The van der Waals surface area contributed by atoms with Crippen molar-refractivity contribution in [2.75, 3.05) is 94.8 Å². The van der Waals surface area contributed by atoms with Crippen molar-refractivity contribution in [2.45, 2.75) is 51.2 Å². The van der Waals surface area contributed by atoms with Gasteiger partial charge >= 0.3 is 0 Å². The first-order chi connectivity index (χ1) is 32.7. The molecule has 4 aromatic rings. The second-order valence-electron chi connectivity index (χ2n) is 16.9. The first-order valence-electron chi connectivity index (χ1n) is 23.0. The topological polar surface area (TPSA) is 200 Å². The van der Waals surface area contributed by atoms with E-state index in [2.05, 4.69) is 52.9 Å². The quantitative estimate of drug-likeness (QED) is 0.0805. The minimum Gasteiger partial charge on any atom is -0.492 e. The molecule has 348 valence electrons. The van der Waals surface area contributed by atoms with Crippen molar-refractivity contribution in [3.8, 4) is 17.6 Å². The Morgan fingerprint density at radius 3 is 2.48 bits per heavy atom. The van der Waals surface area contributed by atoms with Crippen LogP contribution in [0, 0.1) is 11.8 Å². The summed E-state index contributed by atoms with van der Waals surface area (Å²) in [5, 5.41) is 11.6. The summed E-state index contributed by atoms with van der Waals surface area (Å²) < 4.78 is 17.5. The summed E-state index contributed by atoms with van der Waals surface area (Å²) in [6.45, 7) is 10.4. The molecule has 0 aliphatic carbocycles. The van der Waals surface area contributed by atoms with E-state index in [1.807, 2.05) is 36.1 Å². The third-order valence-corrected chi connectivity index (χ3v) is 12.8. The number of anilines is 5. The average molecular weight is 911 g/mol. The van der Waals surface area contributed by atoms with Crippen molar-refractivity contribution in [3.63, 3.8) is 0 Å². The minimum atomic E-state index is -0.664. The van der Waals surface area contributed by atoms with Crippen LogP contribution in [0.15, 0.2) is 66.9 Å². The summed E-state index contributed by atoms with van der Waals surface area (Å²) >= 11 is 0. The van der Waals surface area contributed by atoms with Crippen LogP contribution in [-0.2, 0) is 25.6 Å². The van der Waals surface area contributed by atoms with Crippen molar-refractivity contribution >= 4 is 58.4 Å². The highest BCUT2D eigenvalue weighted by atomic mass is 16.5. The summed E-state index contributed by atoms with van der Waals surface area (Å²) in [5.41, 5.74) is 4.84. The molecule has 3 aromatic carbocycles. The predicted molar refractivity (Wildman–Crippen MR) is 249 cm³/mol. The van der Waals surface area contributed by atoms with Crippen molar-refractivity contribution in [2.24, 2.45) is 0 Å². The number of rotatable bonds is 14. The molecule has 5 aliphatic heterocycles. The van der Waals surface area contributed by atoms with E-state index in [0.29, 0.717) is 103 Å². The van der Waals surface area contributed by atoms with Gasteiger partial charge in [0.15, 0.2) is 5.82 Å². The van der Waals surface area contributed by atoms with Crippen LogP contribution in [0.4, 0.5) is 28.8 Å². The monoisotopic (exact) mass is 910 g/mol. The molecule has 5 aliphatic rings. The molecule has 0 radical (unpaired) electrons. The maximum Gasteiger partial charge on any atom is 0.257 e. The maximum atomic E-state index is 13.8. The highest BCUT2D eigenvalue weighted by Crippen LogP contribution is 2.34. The van der Waals surface area contributed by atoms with Gasteiger partial charge in [-0.25, -0.2) is 4.98 Å². The third-order valence-electron chi connectivity index (χ3n) is 12.8. The van der Waals surface area contributed by atoms with Crippen molar-refractivity contribution in [1.82, 2.24) is 34.9 Å². The molecule has 9 rings (SSSR count). The molecular weight excluding hydrogens is 857 g/mol. The van der Waals surface area contributed by atoms with Gasteiger partial charge in [0.25, 0.3) is 17.7 Å². The molecular formula is C49H54N10O8. The number of nitrogens with zero attached hydrogens (tertiary/aromatic N) is 6. The smallest absolute Gasteiger partial charge is 0.257 e. The Balaban J connectivity index is 0.666. The Labute approximate surface area is 388 Å². The van der Waals surface area contributed by atoms with E-state index >= 15 is 0 Å². The number of fused-ring (bicyclic) bond motifs is 3. The zero-order valence-corrected chi connectivity index (χ0v) is 37.5. The third kappa shape index (κ3) is 10.4. The molecule has 3 saturated heterocycles. The number of piperidine rings is 2. The number of hydrogen-bond donors (Lipinski definition) is 4. The number of benzene rings is 3. The van der Waals surface area contributed by atoms with Gasteiger partial charge in [-0.2, -0.15) is 4.98 Å². The van der Waals surface area contributed by atoms with E-state index in [-0.39, 0.29) is 43.2 Å². The van der Waals surface area contributed by atoms with Crippen LogP contribution in [0.3, 0.4) is 0 Å². The lowest BCUT2D eigenvalue weighted by Crippen LogP contribution is -2.54. The van der Waals surface area contributed by atoms with Gasteiger partial charge in [-0.3, -0.25) is 39.1 Å². The summed E-state index contributed by atoms with van der Waals surface area (Å²) in [6, 6.07) is 17.8. The van der Waals surface area contributed by atoms with E-state index in [0.717, 1.165) is 56.7 Å². The van der Waals surface area contributed by atoms with Gasteiger partial charge in [-0.05, 0) is 74.2 Å². The highest BCUT2D eigenvalue weighted by molar-refractivity contribution is 6.11. The van der Waals surface area contributed by atoms with Crippen LogP contribution >= 0.6 is 0 Å². The molecule has 67 heavy (non-hydrogen) atoms. The lowest BCUT2D eigenvalue weighted by atomic mass is 10.0. The van der Waals surface area contributed by atoms with Gasteiger partial charge in [-0.15, -0.1) is 0 Å². The van der Waals surface area contributed by atoms with Crippen LogP contribution in [-0.4, -0.2) is 150 Å². The summed E-state index contributed by atoms with van der Waals surface area (Å²) in [5.74, 6) is 6.20. The number of amides is 5. The summed E-state index contributed by atoms with van der Waals surface area (Å²) in [6.07, 6.45) is 3.91. The van der Waals surface area contributed by atoms with Crippen LogP contribution in [0.5, 0.6) is 5.75 Å². The van der Waals surface area contributed by atoms with E-state index in [1.54, 1.807) is 42.6 Å². The number of piperazine rings is 1. The second-order valence-corrected chi connectivity index (χ2v) is 16.9. The summed E-state index contributed by atoms with van der Waals surface area (Å²) in [7, 11) is 0. The standard InChI is InChI=1S/C49H54N10O8/c1-2-67-42-29-33(12-13-39(42)53-49-50-30-40-44(55-49)51-38-11-4-3-9-36(38)45(61)52-40)47(63)58-18-16-34(17-19-58)57-22-20-56(21-23-57)24-26-66-28-27-65-25-6-8-32-7-5-10-35-37(32)31-59(48(35)64)41-14-15-43(60)54-46(41)62/h3-5,7,9-13,29-30,34,41H,2,14-28,31H2,1H3,(H,52,61)(H,54,60,62)(H2,50,51,53,55). The van der Waals surface area contributed by atoms with Crippen LogP contribution < -0.4 is 26.0 Å². The number of aromatic nitrogens is 2. The molecule has 0 spiro atoms. The number of para-hydroxylation sites is 1. The normalized spacial score (nSPS) is 18.7. The predicted octanol–water partition coefficient (Wildman–Crippen LogP) is 4.00. The van der Waals surface area contributed by atoms with E-state index in [9.17, 15) is 24.0 Å². The van der Waals surface area contributed by atoms with Crippen molar-refractivity contribution in [1.29, 1.82) is 0 Å². The molecule has 1 aromatic heterocycles. The zero-order chi connectivity index (χ0) is 46.3. The first-order valence-corrected chi connectivity index (χ1v) is 23.0. The first kappa shape index (κ1) is 45.3. The second kappa shape index (κ2) is 20.7. The van der Waals surface area contributed by atoms with Crippen LogP contribution in [0.25, 0.3) is 0 Å². The molecule has 5 amide bonds. The van der Waals surface area contributed by atoms with Crippen LogP contribution in [0.1, 0.15) is 74.8 Å². The molecule has 1 atom stereocenters. The fourth-order valence-corrected chi connectivity index (χ4v) is 9.23. The molecule has 18 heteroatoms. The molecule has 0 bridgehead atoms. The molecule has 1 unspecified atom stereocenters. The van der Waals surface area contributed by atoms with E-state index in [1.165, 1.54) is 4.90 Å². The number of hydrogen-bond acceptors (Lipinski definition) is 14. The molecule has 0 saturated carbocycles. The van der Waals surface area contributed by atoms with Gasteiger partial charge in [0, 0.05) is 81.5 Å². The van der Waals surface area contributed by atoms with Gasteiger partial charge in [0.2, 0.25) is 17.8 Å². The average Bonchev–Trinajstić information content (AvgIpc) is 3.60. The minimum absolute atomic E-state index is 0.0237. The fourth-order valence-electron chi connectivity index (χ4n) is 9.23. The van der Waals surface area contributed by atoms with Gasteiger partial charge < -0.3 is 40.0 Å². The van der Waals surface area contributed by atoms with Crippen LogP contribution in [0.2, 0.25) is 0 Å². The fraction of sp³-hybridized carbons (Fsp3) is 0.408. The lowest BCUT2D eigenvalue weighted by Gasteiger charge is -2.42. The SMILES string of the molecule is CCOc1cc(C(=O)N2CCC(N3CCN(CCOCCOCC#Cc4cccc5c4CN(C4CCC(=O)NC4=O)C5=O)CC3)CC2)ccc1Nc1ncc2c(n1)Nc1ccccc1C(=O)N2. The van der Waals surface area contributed by atoms with Gasteiger partial charge in [0.05, 0.1) is 49.6 Å². The van der Waals surface area contributed by atoms with Gasteiger partial charge in [-0.1, -0.05) is 30.0 Å². The molecule has 3 fully saturated rings. The van der Waals surface area contributed by atoms with Crippen molar-refractivity contribution in [3.05, 3.63) is 94.7 Å². The lowest BCUT2D eigenvalue weighted by molar-refractivity contribution is -0.136. The number of carbonyl (C=O) groups excluding carboxylic acids is 5. The number of carbonyl (C=O) groups is 5. The van der Waals surface area contributed by atoms with E-state index < -0.39 is 11.9 Å². The molecule has 18 nitrogen and oxygen atoms in total. The van der Waals surface area contributed by atoms with Crippen molar-refractivity contribution < 1.29 is 38.2 Å². The van der Waals surface area contributed by atoms with E-state index in [4.69, 9.17) is 14.2 Å². The number of imide groups is 1. The highest BCUT2D eigenvalue weighted by Gasteiger charge is 2.40. The van der Waals surface area contributed by atoms with Gasteiger partial charge in [0.1, 0.15) is 24.1 Å². The Hall–Kier alpha value is -6.91. The number of likely N-dealkylation sites (tertiary alicyclic amines) is 1. The summed E-state index contributed by atoms with van der Waals surface area (Å²) in [4.78, 5) is 81.0. The number of ether oxygens (including phenoxy) is 3. The number of nitrogens with one attached hydrogen (secondary N) is 4. The Morgan fingerprint density at radius 2 is 1.66 bits per heavy atom.